The summed E-state index contributed by atoms with van der Waals surface area (Å²) in [5, 5.41) is 74.7. The van der Waals surface area contributed by atoms with Crippen LogP contribution in [0.4, 0.5) is 4.39 Å². The Morgan fingerprint density at radius 2 is 1.79 bits per heavy atom. The predicted molar refractivity (Wildman–Crippen MR) is 169 cm³/mol. The van der Waals surface area contributed by atoms with Gasteiger partial charge in [-0.15, -0.1) is 0 Å². The van der Waals surface area contributed by atoms with Gasteiger partial charge in [0.05, 0.1) is 24.4 Å². The van der Waals surface area contributed by atoms with Gasteiger partial charge in [-0.1, -0.05) is 13.3 Å². The van der Waals surface area contributed by atoms with Gasteiger partial charge in [0.15, 0.2) is 18.7 Å². The van der Waals surface area contributed by atoms with E-state index in [4.69, 9.17) is 24.7 Å². The van der Waals surface area contributed by atoms with Crippen LogP contribution < -0.4 is 27.0 Å². The highest BCUT2D eigenvalue weighted by Crippen LogP contribution is 2.35. The molecule has 1 aliphatic carbocycles. The van der Waals surface area contributed by atoms with Gasteiger partial charge in [0.25, 0.3) is 5.91 Å². The Bertz CT molecular complexity index is 987. The summed E-state index contributed by atoms with van der Waals surface area (Å²) in [5.74, 6) is -1.07. The molecule has 16 nitrogen and oxygen atoms in total. The zero-order chi connectivity index (χ0) is 35.0. The van der Waals surface area contributed by atoms with Gasteiger partial charge in [-0.05, 0) is 58.7 Å². The van der Waals surface area contributed by atoms with Crippen molar-refractivity contribution in [2.45, 2.75) is 137 Å². The summed E-state index contributed by atoms with van der Waals surface area (Å²) in [6.45, 7) is 3.59. The summed E-state index contributed by atoms with van der Waals surface area (Å²) in [6, 6.07) is -1.99. The molecule has 0 bridgehead atoms. The molecule has 4 aliphatic rings. The van der Waals surface area contributed by atoms with Gasteiger partial charge in [0.2, 0.25) is 0 Å². The fourth-order valence-corrected chi connectivity index (χ4v) is 7.13. The van der Waals surface area contributed by atoms with E-state index in [1.807, 2.05) is 6.92 Å². The third-order valence-electron chi connectivity index (χ3n) is 10.0. The third-order valence-corrected chi connectivity index (χ3v) is 10.0. The molecule has 48 heavy (non-hydrogen) atoms. The lowest BCUT2D eigenvalue weighted by molar-refractivity contribution is -0.296. The van der Waals surface area contributed by atoms with E-state index in [9.17, 15) is 39.8 Å². The van der Waals surface area contributed by atoms with E-state index in [1.54, 1.807) is 0 Å². The number of nitrogens with two attached hydrogens (primary N) is 1. The van der Waals surface area contributed by atoms with Gasteiger partial charge in [-0.25, -0.2) is 4.39 Å². The number of amides is 1. The average Bonchev–Trinajstić information content (AvgIpc) is 3.33. The Morgan fingerprint density at radius 1 is 1.08 bits per heavy atom. The largest absolute Gasteiger partial charge is 0.394 e. The first-order valence-electron chi connectivity index (χ1n) is 17.3. The highest BCUT2D eigenvalue weighted by atomic mass is 19.1. The second-order valence-corrected chi connectivity index (χ2v) is 13.8. The molecule has 0 aromatic carbocycles. The molecule has 280 valence electrons. The van der Waals surface area contributed by atoms with Crippen molar-refractivity contribution in [3.63, 3.8) is 0 Å². The minimum atomic E-state index is -2.01. The number of ether oxygens (including phenoxy) is 4. The second kappa shape index (κ2) is 18.4. The number of piperidine rings is 1. The maximum Gasteiger partial charge on any atom is 0.252 e. The zero-order valence-electron chi connectivity index (χ0n) is 28.0. The van der Waals surface area contributed by atoms with Crippen molar-refractivity contribution < 1.29 is 58.8 Å². The zero-order valence-corrected chi connectivity index (χ0v) is 28.0. The van der Waals surface area contributed by atoms with Crippen LogP contribution in [0.15, 0.2) is 0 Å². The van der Waals surface area contributed by atoms with Crippen LogP contribution in [0.3, 0.4) is 0 Å². The molecule has 4 rings (SSSR count). The van der Waals surface area contributed by atoms with Crippen molar-refractivity contribution >= 4 is 5.91 Å². The second-order valence-electron chi connectivity index (χ2n) is 13.8. The quantitative estimate of drug-likeness (QED) is 0.0744. The average molecular weight is 696 g/mol. The van der Waals surface area contributed by atoms with Crippen molar-refractivity contribution in [1.82, 2.24) is 21.3 Å². The van der Waals surface area contributed by atoms with Crippen LogP contribution in [0.1, 0.15) is 51.9 Å². The summed E-state index contributed by atoms with van der Waals surface area (Å²) < 4.78 is 38.8. The molecule has 14 unspecified atom stereocenters. The van der Waals surface area contributed by atoms with E-state index in [1.165, 1.54) is 7.05 Å². The summed E-state index contributed by atoms with van der Waals surface area (Å²) in [7, 11) is 1.47. The molecule has 3 aliphatic heterocycles. The standard InChI is InChI=1S/C31H58FN5O11/c1-3-4-16-5-6-17(12-36-15-31(44)7-9-35-10-8-31)45-29(16)47-26-19(33)11-20(37-28(43)22(39)18(32)13-34-2)23(40)27(26)48-30-25(42)24(41)21(14-38)46-30/h16-27,29-30,34-36,38-42,44H,3-15,33H2,1-2H3,(H,37,43). The number of carbonyl (C=O) groups is 1. The maximum absolute atomic E-state index is 14.3. The first-order valence-corrected chi connectivity index (χ1v) is 17.3. The van der Waals surface area contributed by atoms with Crippen LogP contribution in [-0.2, 0) is 23.7 Å². The molecule has 12 N–H and O–H groups in total. The van der Waals surface area contributed by atoms with E-state index >= 15 is 0 Å². The van der Waals surface area contributed by atoms with Crippen LogP contribution in [0, 0.1) is 5.92 Å². The van der Waals surface area contributed by atoms with Crippen molar-refractivity contribution in [2.24, 2.45) is 11.7 Å². The van der Waals surface area contributed by atoms with E-state index < -0.39 is 91.7 Å². The number of hydrogen-bond donors (Lipinski definition) is 11. The molecule has 0 aromatic heterocycles. The monoisotopic (exact) mass is 695 g/mol. The molecule has 3 saturated heterocycles. The van der Waals surface area contributed by atoms with Crippen LogP contribution in [-0.4, -0.2) is 168 Å². The number of alkyl halides is 1. The number of rotatable bonds is 16. The molecule has 17 heteroatoms. The molecule has 0 spiro atoms. The molecular formula is C31H58FN5O11. The van der Waals surface area contributed by atoms with Gasteiger partial charge in [-0.3, -0.25) is 4.79 Å². The Hall–Kier alpha value is -1.16. The van der Waals surface area contributed by atoms with Crippen LogP contribution in [0.5, 0.6) is 0 Å². The van der Waals surface area contributed by atoms with Gasteiger partial charge in [0, 0.05) is 31.6 Å². The maximum atomic E-state index is 14.3. The Kier molecular flexibility index (Phi) is 15.2. The molecule has 14 atom stereocenters. The van der Waals surface area contributed by atoms with Gasteiger partial charge < -0.3 is 76.6 Å². The van der Waals surface area contributed by atoms with Gasteiger partial charge in [-0.2, -0.15) is 0 Å². The first kappa shape index (κ1) is 39.6. The Labute approximate surface area is 281 Å². The van der Waals surface area contributed by atoms with Gasteiger partial charge >= 0.3 is 0 Å². The molecule has 0 aromatic rings. The minimum Gasteiger partial charge on any atom is -0.394 e. The number of nitrogens with one attached hydrogen (secondary N) is 4. The number of hydrogen-bond acceptors (Lipinski definition) is 15. The number of aliphatic hydroxyl groups excluding tert-OH is 5. The van der Waals surface area contributed by atoms with E-state index in [0.717, 1.165) is 38.8 Å². The lowest BCUT2D eigenvalue weighted by Crippen LogP contribution is -2.67. The van der Waals surface area contributed by atoms with Crippen molar-refractivity contribution in [1.29, 1.82) is 0 Å². The molecular weight excluding hydrogens is 637 g/mol. The Balaban J connectivity index is 1.49. The fourth-order valence-electron chi connectivity index (χ4n) is 7.13. The molecule has 1 amide bonds. The van der Waals surface area contributed by atoms with Crippen molar-refractivity contribution in [3.8, 4) is 0 Å². The number of halogens is 1. The number of aliphatic hydroxyl groups is 6. The predicted octanol–water partition coefficient (Wildman–Crippen LogP) is -3.68. The minimum absolute atomic E-state index is 0.0139. The first-order chi connectivity index (χ1) is 22.9. The fraction of sp³-hybridized carbons (Fsp3) is 0.968. The SMILES string of the molecule is CCCC1CCC(CNCC2(O)CCNCC2)OC1OC1C(N)CC(NC(=O)C(O)C(F)CNC)C(O)C1OC1OC(CO)C(O)C1O. The summed E-state index contributed by atoms with van der Waals surface area (Å²) >= 11 is 0. The molecule has 1 saturated carbocycles. The lowest BCUT2D eigenvalue weighted by atomic mass is 9.83. The summed E-state index contributed by atoms with van der Waals surface area (Å²) in [4.78, 5) is 12.7. The Morgan fingerprint density at radius 3 is 2.44 bits per heavy atom. The molecule has 3 heterocycles. The van der Waals surface area contributed by atoms with E-state index in [2.05, 4.69) is 21.3 Å². The number of carbonyl (C=O) groups excluding carboxylic acids is 1. The van der Waals surface area contributed by atoms with Crippen LogP contribution in [0.25, 0.3) is 0 Å². The van der Waals surface area contributed by atoms with Crippen LogP contribution >= 0.6 is 0 Å². The highest BCUT2D eigenvalue weighted by molar-refractivity contribution is 5.81. The normalized spacial score (nSPS) is 40.0. The topological polar surface area (TPSA) is 250 Å². The van der Waals surface area contributed by atoms with E-state index in [-0.39, 0.29) is 25.0 Å². The van der Waals surface area contributed by atoms with Crippen molar-refractivity contribution in [2.75, 3.05) is 46.4 Å². The van der Waals surface area contributed by atoms with Crippen LogP contribution in [0.2, 0.25) is 0 Å². The van der Waals surface area contributed by atoms with Gasteiger partial charge in [0.1, 0.15) is 42.8 Å². The van der Waals surface area contributed by atoms with E-state index in [0.29, 0.717) is 25.9 Å². The summed E-state index contributed by atoms with van der Waals surface area (Å²) in [6.07, 6.45) is -10.1. The summed E-state index contributed by atoms with van der Waals surface area (Å²) in [5.41, 5.74) is 5.83. The molecule has 4 fully saturated rings. The smallest absolute Gasteiger partial charge is 0.252 e. The van der Waals surface area contributed by atoms with Crippen molar-refractivity contribution in [3.05, 3.63) is 0 Å². The molecule has 0 radical (unpaired) electrons. The lowest BCUT2D eigenvalue weighted by Gasteiger charge is -2.47. The third kappa shape index (κ3) is 10.00. The highest BCUT2D eigenvalue weighted by Gasteiger charge is 2.52.